The van der Waals surface area contributed by atoms with E-state index in [9.17, 15) is 5.11 Å². The van der Waals surface area contributed by atoms with Crippen LogP contribution in [0.25, 0.3) is 4.96 Å². The van der Waals surface area contributed by atoms with Crippen molar-refractivity contribution in [2.24, 2.45) is 0 Å². The Bertz CT molecular complexity index is 485. The molecule has 1 saturated heterocycles. The van der Waals surface area contributed by atoms with Crippen molar-refractivity contribution in [2.75, 3.05) is 6.61 Å². The summed E-state index contributed by atoms with van der Waals surface area (Å²) in [6.45, 7) is 2.74. The molecule has 0 aromatic carbocycles. The molecular formula is C12H16N2O2S. The highest BCUT2D eigenvalue weighted by Gasteiger charge is 2.37. The molecule has 0 spiro atoms. The van der Waals surface area contributed by atoms with Crippen LogP contribution in [0.1, 0.15) is 25.5 Å². The van der Waals surface area contributed by atoms with Crippen LogP contribution in [0.4, 0.5) is 0 Å². The lowest BCUT2D eigenvalue weighted by atomic mass is 9.92. The summed E-state index contributed by atoms with van der Waals surface area (Å²) in [5.74, 6) is 0. The predicted octanol–water partition coefficient (Wildman–Crippen LogP) is 1.87. The van der Waals surface area contributed by atoms with Crippen molar-refractivity contribution in [3.63, 3.8) is 0 Å². The van der Waals surface area contributed by atoms with E-state index < -0.39 is 11.7 Å². The Morgan fingerprint density at radius 2 is 2.59 bits per heavy atom. The lowest BCUT2D eigenvalue weighted by Crippen LogP contribution is -2.40. The highest BCUT2D eigenvalue weighted by Crippen LogP contribution is 2.30. The van der Waals surface area contributed by atoms with Crippen LogP contribution in [0, 0.1) is 0 Å². The summed E-state index contributed by atoms with van der Waals surface area (Å²) >= 11 is 1.61. The number of aliphatic hydroxyl groups is 1. The Morgan fingerprint density at radius 3 is 3.29 bits per heavy atom. The minimum absolute atomic E-state index is 0.392. The summed E-state index contributed by atoms with van der Waals surface area (Å²) in [7, 11) is 0. The summed E-state index contributed by atoms with van der Waals surface area (Å²) < 4.78 is 7.64. The molecule has 1 aliphatic rings. The van der Waals surface area contributed by atoms with Crippen LogP contribution in [-0.2, 0) is 11.2 Å². The number of ether oxygens (including phenoxy) is 1. The van der Waals surface area contributed by atoms with E-state index in [0.717, 1.165) is 30.1 Å². The van der Waals surface area contributed by atoms with E-state index in [0.29, 0.717) is 6.42 Å². The van der Waals surface area contributed by atoms with Crippen molar-refractivity contribution in [2.45, 2.75) is 37.9 Å². The van der Waals surface area contributed by atoms with Gasteiger partial charge in [-0.25, -0.2) is 4.98 Å². The molecule has 0 amide bonds. The van der Waals surface area contributed by atoms with Crippen LogP contribution in [-0.4, -0.2) is 32.8 Å². The number of aliphatic hydroxyl groups excluding tert-OH is 1. The Hall–Kier alpha value is -0.910. The molecule has 2 aromatic heterocycles. The van der Waals surface area contributed by atoms with Crippen molar-refractivity contribution < 1.29 is 9.84 Å². The Labute approximate surface area is 104 Å². The second-order valence-electron chi connectivity index (χ2n) is 4.81. The van der Waals surface area contributed by atoms with E-state index in [1.807, 2.05) is 29.1 Å². The van der Waals surface area contributed by atoms with E-state index in [1.165, 1.54) is 0 Å². The van der Waals surface area contributed by atoms with Gasteiger partial charge < -0.3 is 9.84 Å². The van der Waals surface area contributed by atoms with Crippen LogP contribution < -0.4 is 0 Å². The average Bonchev–Trinajstić information content (AvgIpc) is 2.93. The summed E-state index contributed by atoms with van der Waals surface area (Å²) in [6, 6.07) is 0. The van der Waals surface area contributed by atoms with Crippen molar-refractivity contribution in [3.8, 4) is 0 Å². The van der Waals surface area contributed by atoms with Gasteiger partial charge >= 0.3 is 0 Å². The first kappa shape index (κ1) is 11.2. The number of hydrogen-bond donors (Lipinski definition) is 1. The summed E-state index contributed by atoms with van der Waals surface area (Å²) in [4.78, 5) is 5.46. The molecule has 92 valence electrons. The molecule has 0 radical (unpaired) electrons. The molecule has 2 aromatic rings. The van der Waals surface area contributed by atoms with Crippen molar-refractivity contribution in [1.29, 1.82) is 0 Å². The third-order valence-electron chi connectivity index (χ3n) is 3.50. The van der Waals surface area contributed by atoms with E-state index in [1.54, 1.807) is 11.3 Å². The molecule has 17 heavy (non-hydrogen) atoms. The van der Waals surface area contributed by atoms with E-state index in [4.69, 9.17) is 4.74 Å². The molecule has 1 fully saturated rings. The molecule has 0 saturated carbocycles. The number of fused-ring (bicyclic) bond motifs is 1. The van der Waals surface area contributed by atoms with Gasteiger partial charge in [0, 0.05) is 30.8 Å². The molecule has 3 heterocycles. The number of thiazole rings is 1. The van der Waals surface area contributed by atoms with Gasteiger partial charge in [0.15, 0.2) is 4.96 Å². The maximum atomic E-state index is 10.3. The van der Waals surface area contributed by atoms with Gasteiger partial charge in [-0.15, -0.1) is 11.3 Å². The maximum absolute atomic E-state index is 10.3. The first-order valence-corrected chi connectivity index (χ1v) is 6.78. The largest absolute Gasteiger partial charge is 0.390 e. The van der Waals surface area contributed by atoms with Crippen molar-refractivity contribution >= 4 is 16.3 Å². The summed E-state index contributed by atoms with van der Waals surface area (Å²) in [6.07, 6.45) is 6.01. The Balaban J connectivity index is 1.76. The van der Waals surface area contributed by atoms with Gasteiger partial charge in [0.1, 0.15) is 0 Å². The Morgan fingerprint density at radius 1 is 1.71 bits per heavy atom. The fourth-order valence-corrected chi connectivity index (χ4v) is 3.07. The molecule has 1 aliphatic heterocycles. The zero-order chi connectivity index (χ0) is 11.9. The fraction of sp³-hybridized carbons (Fsp3) is 0.583. The van der Waals surface area contributed by atoms with Crippen LogP contribution in [0.5, 0.6) is 0 Å². The van der Waals surface area contributed by atoms with Gasteiger partial charge in [-0.05, 0) is 19.8 Å². The minimum atomic E-state index is -0.477. The van der Waals surface area contributed by atoms with Gasteiger partial charge in [-0.1, -0.05) is 0 Å². The number of nitrogens with zero attached hydrogens (tertiary/aromatic N) is 2. The molecule has 2 unspecified atom stereocenters. The van der Waals surface area contributed by atoms with Gasteiger partial charge in [0.25, 0.3) is 0 Å². The predicted molar refractivity (Wildman–Crippen MR) is 66.4 cm³/mol. The second kappa shape index (κ2) is 4.08. The van der Waals surface area contributed by atoms with E-state index in [-0.39, 0.29) is 0 Å². The minimum Gasteiger partial charge on any atom is -0.390 e. The second-order valence-corrected chi connectivity index (χ2v) is 5.68. The lowest BCUT2D eigenvalue weighted by molar-refractivity contribution is -0.0771. The van der Waals surface area contributed by atoms with Gasteiger partial charge in [-0.3, -0.25) is 4.40 Å². The van der Waals surface area contributed by atoms with Crippen molar-refractivity contribution in [3.05, 3.63) is 23.5 Å². The van der Waals surface area contributed by atoms with Crippen LogP contribution >= 0.6 is 11.3 Å². The number of hydrogen-bond acceptors (Lipinski definition) is 4. The van der Waals surface area contributed by atoms with E-state index in [2.05, 4.69) is 4.98 Å². The first-order chi connectivity index (χ1) is 8.17. The summed E-state index contributed by atoms with van der Waals surface area (Å²) in [5, 5.41) is 12.3. The number of aromatic nitrogens is 2. The monoisotopic (exact) mass is 252 g/mol. The van der Waals surface area contributed by atoms with E-state index >= 15 is 0 Å². The number of imidazole rings is 1. The van der Waals surface area contributed by atoms with Crippen molar-refractivity contribution in [1.82, 2.24) is 9.38 Å². The SMILES string of the molecule is CC1(C(O)Cc2cn3ccsc3n2)CCCO1. The topological polar surface area (TPSA) is 46.8 Å². The molecule has 3 rings (SSSR count). The molecule has 0 bridgehead atoms. The third kappa shape index (κ3) is 1.99. The maximum Gasteiger partial charge on any atom is 0.193 e. The average molecular weight is 252 g/mol. The quantitative estimate of drug-likeness (QED) is 0.907. The van der Waals surface area contributed by atoms with Gasteiger partial charge in [0.2, 0.25) is 0 Å². The standard InChI is InChI=1S/C12H16N2O2S/c1-12(3-2-5-16-12)10(15)7-9-8-14-4-6-17-11(14)13-9/h4,6,8,10,15H,2-3,5,7H2,1H3. The third-order valence-corrected chi connectivity index (χ3v) is 4.27. The smallest absolute Gasteiger partial charge is 0.193 e. The fourth-order valence-electron chi connectivity index (χ4n) is 2.35. The normalized spacial score (nSPS) is 26.7. The number of rotatable bonds is 3. The molecule has 1 N–H and O–H groups in total. The molecule has 4 nitrogen and oxygen atoms in total. The molecule has 5 heteroatoms. The van der Waals surface area contributed by atoms with Gasteiger partial charge in [0.05, 0.1) is 17.4 Å². The van der Waals surface area contributed by atoms with Gasteiger partial charge in [-0.2, -0.15) is 0 Å². The molecule has 0 aliphatic carbocycles. The molecule has 2 atom stereocenters. The zero-order valence-corrected chi connectivity index (χ0v) is 10.6. The van der Waals surface area contributed by atoms with Crippen LogP contribution in [0.3, 0.4) is 0 Å². The van der Waals surface area contributed by atoms with Crippen LogP contribution in [0.15, 0.2) is 17.8 Å². The summed E-state index contributed by atoms with van der Waals surface area (Å²) in [5.41, 5.74) is 0.540. The Kier molecular flexibility index (Phi) is 2.69. The zero-order valence-electron chi connectivity index (χ0n) is 9.80. The highest BCUT2D eigenvalue weighted by molar-refractivity contribution is 7.15. The molecular weight excluding hydrogens is 236 g/mol. The lowest BCUT2D eigenvalue weighted by Gasteiger charge is -2.28. The first-order valence-electron chi connectivity index (χ1n) is 5.90. The van der Waals surface area contributed by atoms with Crippen LogP contribution in [0.2, 0.25) is 0 Å². The highest BCUT2D eigenvalue weighted by atomic mass is 32.1.